The van der Waals surface area contributed by atoms with Crippen LogP contribution in [0.3, 0.4) is 0 Å². The van der Waals surface area contributed by atoms with Crippen LogP contribution in [0.1, 0.15) is 144 Å². The molecule has 32 heteroatoms. The van der Waals surface area contributed by atoms with Crippen LogP contribution in [0.15, 0.2) is 124 Å². The molecule has 6 aromatic carbocycles. The zero-order valence-corrected chi connectivity index (χ0v) is 75.4. The number of aryl methyl sites for hydroxylation is 1. The third-order valence-electron chi connectivity index (χ3n) is 21.6. The zero-order valence-electron chi connectivity index (χ0n) is 69.2. The number of unbranched alkanes of at least 4 members (excludes halogenated alkanes) is 2. The number of nitrogens with zero attached hydrogens (tertiary/aromatic N) is 7. The highest BCUT2D eigenvalue weighted by Gasteiger charge is 2.33. The molecule has 0 bridgehead atoms. The van der Waals surface area contributed by atoms with Crippen LogP contribution in [0.5, 0.6) is 0 Å². The fourth-order valence-corrected chi connectivity index (χ4v) is 20.2. The zero-order chi connectivity index (χ0) is 84.9. The van der Waals surface area contributed by atoms with Gasteiger partial charge in [-0.25, -0.2) is 30.0 Å². The summed E-state index contributed by atoms with van der Waals surface area (Å²) in [5.74, 6) is 0.0569. The molecule has 650 valence electrons. The van der Waals surface area contributed by atoms with Gasteiger partial charge in [-0.3, -0.25) is 9.59 Å². The van der Waals surface area contributed by atoms with E-state index in [4.69, 9.17) is 86.4 Å². The molecule has 3 atom stereocenters. The predicted molar refractivity (Wildman–Crippen MR) is 466 cm³/mol. The number of hydrogen-bond donors (Lipinski definition) is 2. The number of ether oxygens (including phenoxy) is 6. The standard InChI is InChI=1S/C86H118Cl5N9O15S3/c1-63-48-74-77(57-94(2)60-80(74)83(89)49-63)64-18-12-25-71(50-64)116(104,105)97(5)33-39-113-45-42-110-36-15-23-69(101)21-8-10-30-100(31-11-9-22-70(102)24-16-37-111-43-46-114-40-34-98(6)117(106,107)72-26-13-19-65(51-72)78-58-95(3)61-81-75(78)53-67(87)55-84(81)90)32-17-28-92-86(103)93-29-38-112-44-47-115-41-35-99(7)118(108,109)73-27-14-20-66(52-73)79-59-96(4)62-82-76(79)54-68(88)56-85(82)91/h12-14,18-20,25-27,48-56,77-79H,8-11,15-17,21-24,28-47,57-62H2,1-7H3,(H2,92,93,103)/t77-,78-,79-/m0/s1. The summed E-state index contributed by atoms with van der Waals surface area (Å²) >= 11 is 32.7. The number of nitrogens with one attached hydrogen (secondary N) is 2. The summed E-state index contributed by atoms with van der Waals surface area (Å²) in [6.45, 7) is 12.6. The molecule has 118 heavy (non-hydrogen) atoms. The van der Waals surface area contributed by atoms with Crippen LogP contribution in [0.4, 0.5) is 4.79 Å². The molecule has 2 N–H and O–H groups in total. The smallest absolute Gasteiger partial charge is 0.314 e. The van der Waals surface area contributed by atoms with E-state index >= 15 is 0 Å². The Labute approximate surface area is 724 Å². The minimum atomic E-state index is -3.83. The number of urea groups is 1. The topological polar surface area (TPSA) is 256 Å². The highest BCUT2D eigenvalue weighted by molar-refractivity contribution is 7.89. The van der Waals surface area contributed by atoms with Crippen molar-refractivity contribution in [3.8, 4) is 0 Å². The van der Waals surface area contributed by atoms with Gasteiger partial charge in [0.05, 0.1) is 80.8 Å². The third-order valence-corrected chi connectivity index (χ3v) is 28.7. The summed E-state index contributed by atoms with van der Waals surface area (Å²) in [6, 6.07) is 32.3. The van der Waals surface area contributed by atoms with Gasteiger partial charge in [0.1, 0.15) is 11.6 Å². The van der Waals surface area contributed by atoms with E-state index in [1.807, 2.05) is 64.5 Å². The Hall–Kier alpha value is -5.29. The monoisotopic (exact) mass is 1790 g/mol. The first-order chi connectivity index (χ1) is 56.5. The van der Waals surface area contributed by atoms with E-state index in [1.54, 1.807) is 73.8 Å². The van der Waals surface area contributed by atoms with E-state index in [1.165, 1.54) is 27.0 Å². The van der Waals surface area contributed by atoms with Gasteiger partial charge < -0.3 is 58.7 Å². The van der Waals surface area contributed by atoms with Gasteiger partial charge in [0.2, 0.25) is 30.1 Å². The summed E-state index contributed by atoms with van der Waals surface area (Å²) in [6.07, 6.45) is 6.47. The Kier molecular flexibility index (Phi) is 39.4. The lowest BCUT2D eigenvalue weighted by molar-refractivity contribution is -0.120. The van der Waals surface area contributed by atoms with Gasteiger partial charge in [0.25, 0.3) is 0 Å². The highest BCUT2D eigenvalue weighted by Crippen LogP contribution is 2.42. The van der Waals surface area contributed by atoms with Crippen LogP contribution in [-0.2, 0) is 87.7 Å². The number of fused-ring (bicyclic) bond motifs is 3. The first kappa shape index (κ1) is 96.5. The SMILES string of the molecule is Cc1cc(Cl)c2c(c1)[C@H](c1cccc(S(=O)(=O)N(C)CCOCCOCCCC(=O)CCCCN(CCCCC(=O)CCCOCCOCCN(C)S(=O)(=O)c3cccc([C@@H]4CN(C)Cc5c(Cl)cc(Cl)cc54)c3)CCCNC(=O)NCCOCCOCCN(C)S(=O)(=O)c3cccc([C@@H]4CN(C)Cc5c(Cl)cc(Cl)cc54)c3)c1)CN(C)C2. The summed E-state index contributed by atoms with van der Waals surface area (Å²) in [4.78, 5) is 48.2. The minimum absolute atomic E-state index is 0.0284. The van der Waals surface area contributed by atoms with Gasteiger partial charge in [-0.05, 0) is 215 Å². The van der Waals surface area contributed by atoms with Gasteiger partial charge in [-0.2, -0.15) is 12.9 Å². The van der Waals surface area contributed by atoms with Gasteiger partial charge >= 0.3 is 6.03 Å². The fourth-order valence-electron chi connectivity index (χ4n) is 15.1. The van der Waals surface area contributed by atoms with Crippen LogP contribution in [0, 0.1) is 6.92 Å². The molecule has 0 unspecified atom stereocenters. The van der Waals surface area contributed by atoms with Gasteiger partial charge in [-0.1, -0.05) is 100 Å². The van der Waals surface area contributed by atoms with E-state index < -0.39 is 30.1 Å². The van der Waals surface area contributed by atoms with Crippen molar-refractivity contribution in [1.29, 1.82) is 0 Å². The van der Waals surface area contributed by atoms with Gasteiger partial charge in [0.15, 0.2) is 0 Å². The van der Waals surface area contributed by atoms with Crippen molar-refractivity contribution >= 4 is 106 Å². The normalized spacial score (nSPS) is 16.3. The van der Waals surface area contributed by atoms with Crippen molar-refractivity contribution in [3.05, 3.63) is 190 Å². The summed E-state index contributed by atoms with van der Waals surface area (Å²) in [5, 5.41) is 8.72. The maximum Gasteiger partial charge on any atom is 0.314 e. The number of benzene rings is 6. The van der Waals surface area contributed by atoms with Crippen molar-refractivity contribution in [1.82, 2.24) is 43.1 Å². The number of sulfonamides is 3. The molecule has 0 radical (unpaired) electrons. The van der Waals surface area contributed by atoms with E-state index in [2.05, 4.69) is 36.3 Å². The molecule has 0 saturated heterocycles. The van der Waals surface area contributed by atoms with E-state index in [0.717, 1.165) is 99.7 Å². The van der Waals surface area contributed by atoms with E-state index in [0.29, 0.717) is 144 Å². The van der Waals surface area contributed by atoms with E-state index in [-0.39, 0.29) is 129 Å². The lowest BCUT2D eigenvalue weighted by Crippen LogP contribution is -2.39. The lowest BCUT2D eigenvalue weighted by Gasteiger charge is -2.33. The van der Waals surface area contributed by atoms with Crippen LogP contribution < -0.4 is 10.6 Å². The Morgan fingerprint density at radius 2 is 0.720 bits per heavy atom. The molecule has 6 aromatic rings. The lowest BCUT2D eigenvalue weighted by atomic mass is 9.84. The summed E-state index contributed by atoms with van der Waals surface area (Å²) in [7, 11) is -0.792. The van der Waals surface area contributed by atoms with Crippen LogP contribution in [-0.4, -0.2) is 269 Å². The number of likely N-dealkylation sites (N-methyl/N-ethyl adjacent to an activating group) is 6. The Morgan fingerprint density at radius 1 is 0.390 bits per heavy atom. The number of rotatable bonds is 52. The number of halogens is 5. The molecule has 0 aromatic heterocycles. The maximum atomic E-state index is 13.7. The molecular weight excluding hydrogens is 1670 g/mol. The molecule has 2 amide bonds. The molecule has 0 saturated carbocycles. The van der Waals surface area contributed by atoms with Crippen molar-refractivity contribution < 1.29 is 68.1 Å². The van der Waals surface area contributed by atoms with Crippen molar-refractivity contribution in [3.63, 3.8) is 0 Å². The van der Waals surface area contributed by atoms with Crippen LogP contribution in [0.25, 0.3) is 0 Å². The number of carbonyl (C=O) groups is 3. The number of ketones is 2. The molecule has 3 aliphatic rings. The largest absolute Gasteiger partial charge is 0.379 e. The maximum absolute atomic E-state index is 13.7. The number of amides is 2. The Morgan fingerprint density at radius 3 is 1.11 bits per heavy atom. The summed E-state index contributed by atoms with van der Waals surface area (Å²) < 4.78 is 121. The second-order valence-electron chi connectivity index (χ2n) is 30.9. The second kappa shape index (κ2) is 48.1. The molecule has 0 aliphatic carbocycles. The third kappa shape index (κ3) is 29.2. The van der Waals surface area contributed by atoms with Crippen LogP contribution in [0.2, 0.25) is 25.1 Å². The van der Waals surface area contributed by atoms with Crippen molar-refractivity contribution in [2.75, 3.05) is 194 Å². The molecule has 0 spiro atoms. The average Bonchev–Trinajstić information content (AvgIpc) is 0.778. The predicted octanol–water partition coefficient (Wildman–Crippen LogP) is 13.4. The second-order valence-corrected chi connectivity index (χ2v) is 39.2. The van der Waals surface area contributed by atoms with Crippen LogP contribution >= 0.6 is 58.0 Å². The Bertz CT molecular complexity index is 4180. The highest BCUT2D eigenvalue weighted by atomic mass is 35.5. The van der Waals surface area contributed by atoms with Crippen molar-refractivity contribution in [2.45, 2.75) is 130 Å². The molecule has 9 rings (SSSR count). The molecule has 3 heterocycles. The molecule has 0 fully saturated rings. The number of hydrogen-bond acceptors (Lipinski definition) is 19. The quantitative estimate of drug-likeness (QED) is 0.0336. The molecule has 24 nitrogen and oxygen atoms in total. The van der Waals surface area contributed by atoms with Crippen molar-refractivity contribution in [2.24, 2.45) is 0 Å². The first-order valence-corrected chi connectivity index (χ1v) is 46.9. The fraction of sp³-hybridized carbons (Fsp3) is 0.547. The van der Waals surface area contributed by atoms with E-state index in [9.17, 15) is 39.6 Å². The molecule has 3 aliphatic heterocycles. The van der Waals surface area contributed by atoms with Gasteiger partial charge in [-0.15, -0.1) is 0 Å². The number of Topliss-reactive ketones (excluding diaryl/α,β-unsaturated/α-hetero) is 2. The number of carbonyl (C=O) groups excluding carboxylic acids is 3. The van der Waals surface area contributed by atoms with Gasteiger partial charge in [0, 0.05) is 175 Å². The molecular formula is C86H118Cl5N9O15S3. The average molecular weight is 1790 g/mol. The summed E-state index contributed by atoms with van der Waals surface area (Å²) in [5.41, 5.74) is 9.83. The Balaban J connectivity index is 0.627. The minimum Gasteiger partial charge on any atom is -0.379 e. The first-order valence-electron chi connectivity index (χ1n) is 40.7.